The summed E-state index contributed by atoms with van der Waals surface area (Å²) in [5.41, 5.74) is -2.35. The van der Waals surface area contributed by atoms with Gasteiger partial charge in [0.15, 0.2) is 11.3 Å². The van der Waals surface area contributed by atoms with Crippen LogP contribution in [0.4, 0.5) is 17.6 Å². The molecule has 0 bridgehead atoms. The van der Waals surface area contributed by atoms with E-state index in [2.05, 4.69) is 20.3 Å². The number of halogens is 6. The smallest absolute Gasteiger partial charge is 0.308 e. The molecule has 186 valence electrons. The predicted molar refractivity (Wildman–Crippen MR) is 119 cm³/mol. The van der Waals surface area contributed by atoms with Crippen molar-refractivity contribution < 1.29 is 27.6 Å². The van der Waals surface area contributed by atoms with E-state index in [1.54, 1.807) is 6.07 Å². The van der Waals surface area contributed by atoms with Gasteiger partial charge in [0.1, 0.15) is 24.1 Å². The lowest BCUT2D eigenvalue weighted by Crippen LogP contribution is -2.33. The highest BCUT2D eigenvalue weighted by Gasteiger charge is 2.33. The minimum absolute atomic E-state index is 0. The molecule has 2 N–H and O–H groups in total. The van der Waals surface area contributed by atoms with Gasteiger partial charge in [-0.25, -0.2) is 8.78 Å². The molecule has 0 spiro atoms. The maximum Gasteiger partial charge on any atom is 0.308 e. The lowest BCUT2D eigenvalue weighted by Gasteiger charge is -2.14. The zero-order valence-corrected chi connectivity index (χ0v) is 19.3. The molecular weight excluding hydrogens is 515 g/mol. The van der Waals surface area contributed by atoms with Gasteiger partial charge in [-0.2, -0.15) is 18.8 Å². The minimum atomic E-state index is -3.57. The van der Waals surface area contributed by atoms with E-state index < -0.39 is 58.9 Å². The van der Waals surface area contributed by atoms with Crippen molar-refractivity contribution in [2.45, 2.75) is 18.9 Å². The van der Waals surface area contributed by atoms with Gasteiger partial charge < -0.3 is 10.5 Å². The number of pyridine rings is 3. The topological polar surface area (TPSA) is 116 Å². The van der Waals surface area contributed by atoms with E-state index in [-0.39, 0.29) is 41.8 Å². The van der Waals surface area contributed by atoms with Crippen LogP contribution in [0.25, 0.3) is 0 Å². The van der Waals surface area contributed by atoms with Gasteiger partial charge >= 0.3 is 5.92 Å². The fourth-order valence-corrected chi connectivity index (χ4v) is 2.81. The third-order valence-corrected chi connectivity index (χ3v) is 4.46. The first-order valence-electron chi connectivity index (χ1n) is 9.42. The molecule has 1 amide bonds. The number of hydrogen-bond acceptors (Lipinski definition) is 6. The van der Waals surface area contributed by atoms with Crippen molar-refractivity contribution in [3.8, 4) is 6.07 Å². The third kappa shape index (κ3) is 7.14. The van der Waals surface area contributed by atoms with E-state index in [1.807, 2.05) is 0 Å². The van der Waals surface area contributed by atoms with Gasteiger partial charge in [0, 0.05) is 12.4 Å². The molecule has 3 heterocycles. The summed E-state index contributed by atoms with van der Waals surface area (Å²) in [5, 5.41) is 21.9. The van der Waals surface area contributed by atoms with Crippen LogP contribution in [0, 0.1) is 23.0 Å². The van der Waals surface area contributed by atoms with Gasteiger partial charge in [0.25, 0.3) is 0 Å². The van der Waals surface area contributed by atoms with Crippen molar-refractivity contribution in [3.63, 3.8) is 0 Å². The summed E-state index contributed by atoms with van der Waals surface area (Å²) in [7, 11) is 0. The lowest BCUT2D eigenvalue weighted by atomic mass is 10.1. The summed E-state index contributed by atoms with van der Waals surface area (Å²) in [6.07, 6.45) is 1.84. The summed E-state index contributed by atoms with van der Waals surface area (Å²) in [5.74, 6) is -6.23. The van der Waals surface area contributed by atoms with Crippen LogP contribution in [0.15, 0.2) is 53.8 Å². The Hall–Kier alpha value is -3.69. The first kappa shape index (κ1) is 29.3. The second-order valence-corrected chi connectivity index (χ2v) is 6.72. The van der Waals surface area contributed by atoms with Crippen LogP contribution < -0.4 is 10.8 Å². The van der Waals surface area contributed by atoms with Crippen LogP contribution in [0.2, 0.25) is 0 Å². The maximum absolute atomic E-state index is 14.4. The Morgan fingerprint density at radius 2 is 1.86 bits per heavy atom. The molecule has 35 heavy (non-hydrogen) atoms. The van der Waals surface area contributed by atoms with Gasteiger partial charge in [-0.05, 0) is 30.3 Å². The molecule has 3 aromatic rings. The molecule has 0 saturated carbocycles. The summed E-state index contributed by atoms with van der Waals surface area (Å²) >= 11 is 0. The molecule has 0 atom stereocenters. The Morgan fingerprint density at radius 3 is 2.49 bits per heavy atom. The SMILES string of the molecule is Cl.Cl.N#Cc1cc(F)c(=NCC(F)(F)c2ccccn2)n(O)c1CC(=O)NCc1ncccc1F. The van der Waals surface area contributed by atoms with Gasteiger partial charge in [0.05, 0.1) is 29.9 Å². The second kappa shape index (κ2) is 12.7. The quantitative estimate of drug-likeness (QED) is 0.358. The number of aromatic nitrogens is 3. The Labute approximate surface area is 208 Å². The normalized spacial score (nSPS) is 11.1. The number of rotatable bonds is 7. The number of carbonyl (C=O) groups is 1. The first-order valence-corrected chi connectivity index (χ1v) is 9.42. The van der Waals surface area contributed by atoms with E-state index >= 15 is 0 Å². The van der Waals surface area contributed by atoms with Crippen LogP contribution in [0.1, 0.15) is 22.6 Å². The Morgan fingerprint density at radius 1 is 1.14 bits per heavy atom. The van der Waals surface area contributed by atoms with E-state index in [9.17, 15) is 32.8 Å². The molecule has 8 nitrogen and oxygen atoms in total. The van der Waals surface area contributed by atoms with E-state index in [0.717, 1.165) is 18.3 Å². The number of nitrogens with zero attached hydrogens (tertiary/aromatic N) is 5. The summed E-state index contributed by atoms with van der Waals surface area (Å²) in [4.78, 5) is 23.0. The molecule has 14 heteroatoms. The highest BCUT2D eigenvalue weighted by atomic mass is 35.5. The Bertz CT molecular complexity index is 1280. The van der Waals surface area contributed by atoms with Crippen molar-refractivity contribution in [1.82, 2.24) is 20.0 Å². The summed E-state index contributed by atoms with van der Waals surface area (Å²) < 4.78 is 56.7. The molecule has 0 saturated heterocycles. The van der Waals surface area contributed by atoms with Crippen LogP contribution in [0.3, 0.4) is 0 Å². The van der Waals surface area contributed by atoms with Gasteiger partial charge in [-0.3, -0.25) is 19.8 Å². The number of carbonyl (C=O) groups excluding carboxylic acids is 1. The zero-order chi connectivity index (χ0) is 24.0. The molecule has 0 fully saturated rings. The molecule has 3 aromatic heterocycles. The average molecular weight is 533 g/mol. The molecular formula is C21H18Cl2F4N6O2. The Kier molecular flexibility index (Phi) is 10.6. The van der Waals surface area contributed by atoms with Gasteiger partial charge in [-0.15, -0.1) is 24.8 Å². The van der Waals surface area contributed by atoms with Crippen LogP contribution >= 0.6 is 24.8 Å². The summed E-state index contributed by atoms with van der Waals surface area (Å²) in [6.45, 7) is -1.54. The van der Waals surface area contributed by atoms with Crippen molar-refractivity contribution in [2.24, 2.45) is 4.99 Å². The van der Waals surface area contributed by atoms with Crippen LogP contribution in [-0.2, 0) is 23.7 Å². The largest absolute Gasteiger partial charge is 0.427 e. The zero-order valence-electron chi connectivity index (χ0n) is 17.7. The van der Waals surface area contributed by atoms with Crippen molar-refractivity contribution in [1.29, 1.82) is 5.26 Å². The second-order valence-electron chi connectivity index (χ2n) is 6.72. The maximum atomic E-state index is 14.4. The van der Waals surface area contributed by atoms with Gasteiger partial charge in [-0.1, -0.05) is 6.07 Å². The third-order valence-electron chi connectivity index (χ3n) is 4.46. The number of hydrogen-bond donors (Lipinski definition) is 2. The highest BCUT2D eigenvalue weighted by Crippen LogP contribution is 2.25. The first-order chi connectivity index (χ1) is 15.7. The van der Waals surface area contributed by atoms with E-state index in [4.69, 9.17) is 0 Å². The number of amides is 1. The molecule has 0 unspecified atom stereocenters. The molecule has 0 aliphatic heterocycles. The van der Waals surface area contributed by atoms with Crippen molar-refractivity contribution in [2.75, 3.05) is 6.54 Å². The average Bonchev–Trinajstić information content (AvgIpc) is 2.80. The number of nitriles is 1. The van der Waals surface area contributed by atoms with E-state index in [1.165, 1.54) is 24.4 Å². The molecule has 0 radical (unpaired) electrons. The fourth-order valence-electron chi connectivity index (χ4n) is 2.81. The predicted octanol–water partition coefficient (Wildman–Crippen LogP) is 3.06. The van der Waals surface area contributed by atoms with Crippen LogP contribution in [-0.4, -0.2) is 32.4 Å². The van der Waals surface area contributed by atoms with Crippen LogP contribution in [0.5, 0.6) is 0 Å². The fraction of sp³-hybridized carbons (Fsp3) is 0.190. The van der Waals surface area contributed by atoms with E-state index in [0.29, 0.717) is 6.07 Å². The number of alkyl halides is 2. The van der Waals surface area contributed by atoms with Crippen molar-refractivity contribution >= 4 is 30.7 Å². The number of nitrogens with one attached hydrogen (secondary N) is 1. The lowest BCUT2D eigenvalue weighted by molar-refractivity contribution is -0.120. The standard InChI is InChI=1S/C21H16F4N6O2.2ClH/c22-14-4-3-7-27-16(14)11-29-19(32)9-17-13(10-26)8-15(23)20(31(17)33)30-12-21(24,25)18-5-1-2-6-28-18;;/h1-8,33H,9,11-12H2,(H,29,32);2*1H. The molecule has 0 aliphatic carbocycles. The monoisotopic (exact) mass is 532 g/mol. The Balaban J connectivity index is 0.00000306. The summed E-state index contributed by atoms with van der Waals surface area (Å²) in [6, 6.07) is 8.67. The molecule has 0 aliphatic rings. The van der Waals surface area contributed by atoms with Crippen molar-refractivity contribution in [3.05, 3.63) is 88.6 Å². The van der Waals surface area contributed by atoms with Gasteiger partial charge in [0.2, 0.25) is 5.91 Å². The molecule has 3 rings (SSSR count). The minimum Gasteiger partial charge on any atom is -0.427 e. The molecule has 0 aromatic carbocycles. The highest BCUT2D eigenvalue weighted by molar-refractivity contribution is 5.85.